The zero-order valence-electron chi connectivity index (χ0n) is 13.6. The van der Waals surface area contributed by atoms with E-state index < -0.39 is 0 Å². The molecule has 0 spiro atoms. The fourth-order valence-electron chi connectivity index (χ4n) is 2.29. The van der Waals surface area contributed by atoms with Crippen LogP contribution in [0.1, 0.15) is 16.7 Å². The van der Waals surface area contributed by atoms with E-state index in [0.717, 1.165) is 28.1 Å². The Balaban J connectivity index is 2.25. The third-order valence-corrected chi connectivity index (χ3v) is 4.35. The van der Waals surface area contributed by atoms with Gasteiger partial charge in [-0.2, -0.15) is 0 Å². The van der Waals surface area contributed by atoms with Crippen molar-refractivity contribution >= 4 is 15.9 Å². The normalized spacial score (nSPS) is 10.4. The highest BCUT2D eigenvalue weighted by molar-refractivity contribution is 9.10. The van der Waals surface area contributed by atoms with E-state index in [1.54, 1.807) is 7.11 Å². The summed E-state index contributed by atoms with van der Waals surface area (Å²) in [5, 5.41) is 3.31. The third-order valence-electron chi connectivity index (χ3n) is 3.61. The molecular formula is C19H22BrNO2. The highest BCUT2D eigenvalue weighted by Gasteiger charge is 2.14. The van der Waals surface area contributed by atoms with E-state index in [0.29, 0.717) is 13.2 Å². The number of hydrogen-bond donors (Lipinski definition) is 1. The molecule has 0 aromatic heterocycles. The number of aryl methyl sites for hydroxylation is 1. The summed E-state index contributed by atoms with van der Waals surface area (Å²) < 4.78 is 12.6. The molecule has 2 rings (SSSR count). The molecule has 0 aliphatic rings. The molecule has 0 atom stereocenters. The van der Waals surface area contributed by atoms with E-state index in [1.807, 2.05) is 30.3 Å². The van der Waals surface area contributed by atoms with E-state index in [2.05, 4.69) is 46.9 Å². The molecule has 23 heavy (non-hydrogen) atoms. The van der Waals surface area contributed by atoms with Crippen molar-refractivity contribution in [1.29, 1.82) is 0 Å². The van der Waals surface area contributed by atoms with Gasteiger partial charge in [0.05, 0.1) is 7.11 Å². The van der Waals surface area contributed by atoms with Gasteiger partial charge < -0.3 is 14.8 Å². The van der Waals surface area contributed by atoms with Crippen LogP contribution < -0.4 is 14.8 Å². The molecule has 0 bridgehead atoms. The van der Waals surface area contributed by atoms with Gasteiger partial charge in [0, 0.05) is 23.1 Å². The number of rotatable bonds is 8. The van der Waals surface area contributed by atoms with Crippen LogP contribution in [0.15, 0.2) is 53.5 Å². The Morgan fingerprint density at radius 1 is 1.22 bits per heavy atom. The summed E-state index contributed by atoms with van der Waals surface area (Å²) in [5.74, 6) is 1.50. The van der Waals surface area contributed by atoms with Crippen molar-refractivity contribution in [1.82, 2.24) is 5.32 Å². The first kappa shape index (κ1) is 17.6. The topological polar surface area (TPSA) is 30.5 Å². The molecule has 0 amide bonds. The second-order valence-electron chi connectivity index (χ2n) is 5.19. The maximum Gasteiger partial charge on any atom is 0.167 e. The monoisotopic (exact) mass is 375 g/mol. The van der Waals surface area contributed by atoms with Gasteiger partial charge in [-0.1, -0.05) is 46.3 Å². The molecule has 0 fully saturated rings. The molecule has 122 valence electrons. The van der Waals surface area contributed by atoms with Gasteiger partial charge in [0.25, 0.3) is 0 Å². The van der Waals surface area contributed by atoms with E-state index in [-0.39, 0.29) is 0 Å². The zero-order valence-corrected chi connectivity index (χ0v) is 15.2. The maximum atomic E-state index is 6.12. The smallest absolute Gasteiger partial charge is 0.167 e. The number of ether oxygens (including phenoxy) is 2. The van der Waals surface area contributed by atoms with Gasteiger partial charge in [0.1, 0.15) is 6.61 Å². The SMILES string of the molecule is C=CCNCc1c(Br)ccc(OC)c1OCc1ccccc1C. The van der Waals surface area contributed by atoms with Gasteiger partial charge in [-0.25, -0.2) is 0 Å². The Morgan fingerprint density at radius 2 is 2.00 bits per heavy atom. The summed E-state index contributed by atoms with van der Waals surface area (Å²) in [6, 6.07) is 12.1. The van der Waals surface area contributed by atoms with Crippen LogP contribution in [0.4, 0.5) is 0 Å². The van der Waals surface area contributed by atoms with Gasteiger partial charge >= 0.3 is 0 Å². The Kier molecular flexibility index (Phi) is 6.68. The quantitative estimate of drug-likeness (QED) is 0.539. The zero-order chi connectivity index (χ0) is 16.7. The minimum atomic E-state index is 0.508. The van der Waals surface area contributed by atoms with Crippen LogP contribution in [-0.2, 0) is 13.2 Å². The number of benzene rings is 2. The molecule has 1 N–H and O–H groups in total. The predicted molar refractivity (Wildman–Crippen MR) is 98.1 cm³/mol. The van der Waals surface area contributed by atoms with Crippen LogP contribution in [0.5, 0.6) is 11.5 Å². The first-order chi connectivity index (χ1) is 11.2. The van der Waals surface area contributed by atoms with Crippen molar-refractivity contribution in [3.8, 4) is 11.5 Å². The van der Waals surface area contributed by atoms with Crippen LogP contribution in [0.3, 0.4) is 0 Å². The van der Waals surface area contributed by atoms with E-state index in [4.69, 9.17) is 9.47 Å². The number of halogens is 1. The first-order valence-electron chi connectivity index (χ1n) is 7.51. The van der Waals surface area contributed by atoms with Crippen LogP contribution in [0.25, 0.3) is 0 Å². The van der Waals surface area contributed by atoms with Gasteiger partial charge in [0.2, 0.25) is 0 Å². The Bertz CT molecular complexity index is 670. The van der Waals surface area contributed by atoms with Crippen molar-refractivity contribution in [2.45, 2.75) is 20.1 Å². The minimum Gasteiger partial charge on any atom is -0.493 e. The lowest BCUT2D eigenvalue weighted by atomic mass is 10.1. The summed E-state index contributed by atoms with van der Waals surface area (Å²) in [5.41, 5.74) is 3.42. The second kappa shape index (κ2) is 8.75. The molecular weight excluding hydrogens is 354 g/mol. The molecule has 0 heterocycles. The summed E-state index contributed by atoms with van der Waals surface area (Å²) in [7, 11) is 1.66. The molecule has 0 saturated heterocycles. The van der Waals surface area contributed by atoms with Gasteiger partial charge in [-0.3, -0.25) is 0 Å². The average Bonchev–Trinajstić information content (AvgIpc) is 2.56. The van der Waals surface area contributed by atoms with Crippen molar-refractivity contribution in [3.05, 3.63) is 70.2 Å². The Hall–Kier alpha value is -1.78. The van der Waals surface area contributed by atoms with Crippen molar-refractivity contribution in [2.75, 3.05) is 13.7 Å². The number of nitrogens with one attached hydrogen (secondary N) is 1. The molecule has 0 aliphatic heterocycles. The Labute approximate surface area is 146 Å². The van der Waals surface area contributed by atoms with Crippen molar-refractivity contribution < 1.29 is 9.47 Å². The van der Waals surface area contributed by atoms with Crippen LogP contribution in [0.2, 0.25) is 0 Å². The molecule has 2 aromatic rings. The second-order valence-corrected chi connectivity index (χ2v) is 6.05. The molecule has 0 radical (unpaired) electrons. The maximum absolute atomic E-state index is 6.12. The lowest BCUT2D eigenvalue weighted by molar-refractivity contribution is 0.280. The molecule has 2 aromatic carbocycles. The fourth-order valence-corrected chi connectivity index (χ4v) is 2.74. The van der Waals surface area contributed by atoms with Gasteiger partial charge in [-0.05, 0) is 30.2 Å². The van der Waals surface area contributed by atoms with Crippen LogP contribution >= 0.6 is 15.9 Å². The third kappa shape index (κ3) is 4.60. The predicted octanol–water partition coefficient (Wildman–Crippen LogP) is 4.62. The first-order valence-corrected chi connectivity index (χ1v) is 8.31. The van der Waals surface area contributed by atoms with Crippen molar-refractivity contribution in [3.63, 3.8) is 0 Å². The molecule has 0 aliphatic carbocycles. The minimum absolute atomic E-state index is 0.508. The van der Waals surface area contributed by atoms with E-state index in [9.17, 15) is 0 Å². The summed E-state index contributed by atoms with van der Waals surface area (Å²) in [6.07, 6.45) is 1.84. The molecule has 0 saturated carbocycles. The van der Waals surface area contributed by atoms with E-state index >= 15 is 0 Å². The lowest BCUT2D eigenvalue weighted by Crippen LogP contribution is -2.14. The summed E-state index contributed by atoms with van der Waals surface area (Å²) >= 11 is 3.60. The highest BCUT2D eigenvalue weighted by atomic mass is 79.9. The van der Waals surface area contributed by atoms with Crippen molar-refractivity contribution in [2.24, 2.45) is 0 Å². The summed E-state index contributed by atoms with van der Waals surface area (Å²) in [4.78, 5) is 0. The highest BCUT2D eigenvalue weighted by Crippen LogP contribution is 2.36. The molecule has 3 nitrogen and oxygen atoms in total. The van der Waals surface area contributed by atoms with Crippen LogP contribution in [-0.4, -0.2) is 13.7 Å². The van der Waals surface area contributed by atoms with Gasteiger partial charge in [-0.15, -0.1) is 6.58 Å². The number of hydrogen-bond acceptors (Lipinski definition) is 3. The van der Waals surface area contributed by atoms with Crippen LogP contribution in [0, 0.1) is 6.92 Å². The van der Waals surface area contributed by atoms with E-state index in [1.165, 1.54) is 11.1 Å². The number of methoxy groups -OCH3 is 1. The Morgan fingerprint density at radius 3 is 2.70 bits per heavy atom. The lowest BCUT2D eigenvalue weighted by Gasteiger charge is -2.17. The summed E-state index contributed by atoms with van der Waals surface area (Å²) in [6.45, 7) is 7.73. The fraction of sp³-hybridized carbons (Fsp3) is 0.263. The molecule has 4 heteroatoms. The largest absolute Gasteiger partial charge is 0.493 e. The van der Waals surface area contributed by atoms with Gasteiger partial charge in [0.15, 0.2) is 11.5 Å². The standard InChI is InChI=1S/C19H22BrNO2/c1-4-11-21-12-16-17(20)9-10-18(22-3)19(16)23-13-15-8-6-5-7-14(15)2/h4-10,21H,1,11-13H2,2-3H3. The average molecular weight is 376 g/mol. The molecule has 0 unspecified atom stereocenters.